The van der Waals surface area contributed by atoms with Crippen LogP contribution in [0.15, 0.2) is 48.5 Å². The van der Waals surface area contributed by atoms with Crippen LogP contribution in [0, 0.1) is 10.1 Å². The van der Waals surface area contributed by atoms with Crippen LogP contribution in [0.5, 0.6) is 5.75 Å². The van der Waals surface area contributed by atoms with Crippen molar-refractivity contribution in [2.45, 2.75) is 19.3 Å². The molecule has 1 aliphatic heterocycles. The highest BCUT2D eigenvalue weighted by molar-refractivity contribution is 5.92. The highest BCUT2D eigenvalue weighted by atomic mass is 16.6. The monoisotopic (exact) mass is 355 g/mol. The molecular formula is C19H21N3O4. The molecule has 0 saturated carbocycles. The van der Waals surface area contributed by atoms with E-state index in [0.29, 0.717) is 5.69 Å². The van der Waals surface area contributed by atoms with Gasteiger partial charge in [0.15, 0.2) is 6.61 Å². The summed E-state index contributed by atoms with van der Waals surface area (Å²) in [6, 6.07) is 13.5. The van der Waals surface area contributed by atoms with Crippen LogP contribution in [0.2, 0.25) is 0 Å². The molecule has 7 nitrogen and oxygen atoms in total. The molecule has 0 radical (unpaired) electrons. The summed E-state index contributed by atoms with van der Waals surface area (Å²) in [5, 5.41) is 13.5. The Morgan fingerprint density at radius 3 is 2.54 bits per heavy atom. The number of nitro benzene ring substituents is 1. The van der Waals surface area contributed by atoms with Gasteiger partial charge in [-0.05, 0) is 49.6 Å². The number of hydrogen-bond donors (Lipinski definition) is 1. The van der Waals surface area contributed by atoms with Crippen molar-refractivity contribution in [3.8, 4) is 5.75 Å². The fourth-order valence-corrected chi connectivity index (χ4v) is 2.94. The highest BCUT2D eigenvalue weighted by Crippen LogP contribution is 2.22. The maximum absolute atomic E-state index is 12.0. The number of nitro groups is 1. The molecule has 0 aliphatic carbocycles. The third-order valence-electron chi connectivity index (χ3n) is 4.27. The Bertz CT molecular complexity index is 771. The lowest BCUT2D eigenvalue weighted by Crippen LogP contribution is -2.29. The van der Waals surface area contributed by atoms with Crippen molar-refractivity contribution in [2.24, 2.45) is 0 Å². The maximum atomic E-state index is 12.0. The van der Waals surface area contributed by atoms with E-state index in [1.165, 1.54) is 37.5 Å². The summed E-state index contributed by atoms with van der Waals surface area (Å²) in [6.45, 7) is 1.93. The fourth-order valence-electron chi connectivity index (χ4n) is 2.94. The number of ether oxygens (including phenoxy) is 1. The molecule has 0 spiro atoms. The summed E-state index contributed by atoms with van der Waals surface area (Å²) in [5.41, 5.74) is 1.78. The van der Waals surface area contributed by atoms with Crippen molar-refractivity contribution in [2.75, 3.05) is 29.9 Å². The van der Waals surface area contributed by atoms with Crippen LogP contribution >= 0.6 is 0 Å². The van der Waals surface area contributed by atoms with E-state index in [2.05, 4.69) is 10.2 Å². The van der Waals surface area contributed by atoms with Crippen molar-refractivity contribution in [3.05, 3.63) is 58.6 Å². The molecule has 2 aromatic carbocycles. The van der Waals surface area contributed by atoms with Gasteiger partial charge in [0.25, 0.3) is 11.6 Å². The van der Waals surface area contributed by atoms with Gasteiger partial charge in [-0.15, -0.1) is 0 Å². The van der Waals surface area contributed by atoms with Gasteiger partial charge in [0.1, 0.15) is 5.75 Å². The minimum atomic E-state index is -0.503. The molecule has 7 heteroatoms. The normalized spacial score (nSPS) is 13.9. The van der Waals surface area contributed by atoms with Crippen molar-refractivity contribution in [3.63, 3.8) is 0 Å². The summed E-state index contributed by atoms with van der Waals surface area (Å²) in [4.78, 5) is 24.6. The number of nitrogens with zero attached hydrogens (tertiary/aromatic N) is 2. The van der Waals surface area contributed by atoms with Crippen molar-refractivity contribution < 1.29 is 14.5 Å². The van der Waals surface area contributed by atoms with E-state index in [0.717, 1.165) is 18.8 Å². The Morgan fingerprint density at radius 2 is 1.85 bits per heavy atom. The second kappa shape index (κ2) is 8.33. The number of carbonyl (C=O) groups excluding carboxylic acids is 1. The van der Waals surface area contributed by atoms with E-state index in [9.17, 15) is 14.9 Å². The number of piperidine rings is 1. The van der Waals surface area contributed by atoms with Crippen LogP contribution in [-0.2, 0) is 4.79 Å². The molecular weight excluding hydrogens is 334 g/mol. The molecule has 3 rings (SSSR count). The SMILES string of the molecule is O=C(COc1cccc([N+](=O)[O-])c1)Nc1ccc(N2CCCCC2)cc1. The van der Waals surface area contributed by atoms with Gasteiger partial charge < -0.3 is 15.0 Å². The van der Waals surface area contributed by atoms with Crippen LogP contribution in [-0.4, -0.2) is 30.5 Å². The first-order chi connectivity index (χ1) is 12.6. The van der Waals surface area contributed by atoms with Crippen molar-refractivity contribution >= 4 is 23.0 Å². The minimum absolute atomic E-state index is 0.0730. The molecule has 0 atom stereocenters. The van der Waals surface area contributed by atoms with Gasteiger partial charge in [0.2, 0.25) is 0 Å². The number of rotatable bonds is 6. The Hall–Kier alpha value is -3.09. The third-order valence-corrected chi connectivity index (χ3v) is 4.27. The van der Waals surface area contributed by atoms with Gasteiger partial charge in [-0.25, -0.2) is 0 Å². The first kappa shape index (κ1) is 17.7. The van der Waals surface area contributed by atoms with Gasteiger partial charge >= 0.3 is 0 Å². The van der Waals surface area contributed by atoms with E-state index < -0.39 is 4.92 Å². The highest BCUT2D eigenvalue weighted by Gasteiger charge is 2.11. The lowest BCUT2D eigenvalue weighted by Gasteiger charge is -2.28. The Morgan fingerprint density at radius 1 is 1.12 bits per heavy atom. The first-order valence-corrected chi connectivity index (χ1v) is 8.64. The molecule has 1 amide bonds. The molecule has 136 valence electrons. The zero-order valence-electron chi connectivity index (χ0n) is 14.4. The van der Waals surface area contributed by atoms with E-state index >= 15 is 0 Å². The number of amides is 1. The zero-order valence-corrected chi connectivity index (χ0v) is 14.4. The Balaban J connectivity index is 1.51. The molecule has 0 aromatic heterocycles. The Kier molecular flexibility index (Phi) is 5.68. The first-order valence-electron chi connectivity index (χ1n) is 8.64. The topological polar surface area (TPSA) is 84.7 Å². The van der Waals surface area contributed by atoms with Gasteiger partial charge in [-0.2, -0.15) is 0 Å². The quantitative estimate of drug-likeness (QED) is 0.632. The molecule has 0 bridgehead atoms. The summed E-state index contributed by atoms with van der Waals surface area (Å²) in [7, 11) is 0. The summed E-state index contributed by atoms with van der Waals surface area (Å²) in [5.74, 6) is -0.0305. The second-order valence-corrected chi connectivity index (χ2v) is 6.19. The minimum Gasteiger partial charge on any atom is -0.484 e. The largest absolute Gasteiger partial charge is 0.484 e. The van der Waals surface area contributed by atoms with E-state index in [1.54, 1.807) is 6.07 Å². The number of anilines is 2. The van der Waals surface area contributed by atoms with Gasteiger partial charge in [-0.3, -0.25) is 14.9 Å². The smallest absolute Gasteiger partial charge is 0.273 e. The molecule has 1 heterocycles. The molecule has 1 fully saturated rings. The fraction of sp³-hybridized carbons (Fsp3) is 0.316. The molecule has 1 aliphatic rings. The number of non-ortho nitro benzene ring substituents is 1. The summed E-state index contributed by atoms with van der Waals surface area (Å²) >= 11 is 0. The molecule has 1 N–H and O–H groups in total. The molecule has 2 aromatic rings. The average Bonchev–Trinajstić information content (AvgIpc) is 2.68. The van der Waals surface area contributed by atoms with Crippen LogP contribution in [0.4, 0.5) is 17.1 Å². The number of carbonyl (C=O) groups is 1. The Labute approximate surface area is 151 Å². The standard InChI is InChI=1S/C19H21N3O4/c23-19(14-26-18-6-4-5-17(13-18)22(24)25)20-15-7-9-16(10-8-15)21-11-2-1-3-12-21/h4-10,13H,1-3,11-12,14H2,(H,20,23). The lowest BCUT2D eigenvalue weighted by molar-refractivity contribution is -0.384. The van der Waals surface area contributed by atoms with Crippen LogP contribution in [0.25, 0.3) is 0 Å². The zero-order chi connectivity index (χ0) is 18.4. The number of hydrogen-bond acceptors (Lipinski definition) is 5. The maximum Gasteiger partial charge on any atom is 0.273 e. The predicted octanol–water partition coefficient (Wildman–Crippen LogP) is 3.60. The lowest BCUT2D eigenvalue weighted by atomic mass is 10.1. The van der Waals surface area contributed by atoms with E-state index in [-0.39, 0.29) is 24.0 Å². The van der Waals surface area contributed by atoms with Gasteiger partial charge in [0, 0.05) is 30.5 Å². The molecule has 0 unspecified atom stereocenters. The molecule has 26 heavy (non-hydrogen) atoms. The van der Waals surface area contributed by atoms with Gasteiger partial charge in [-0.1, -0.05) is 6.07 Å². The van der Waals surface area contributed by atoms with E-state index in [1.807, 2.05) is 24.3 Å². The predicted molar refractivity (Wildman–Crippen MR) is 99.7 cm³/mol. The average molecular weight is 355 g/mol. The van der Waals surface area contributed by atoms with Crippen molar-refractivity contribution in [1.82, 2.24) is 0 Å². The van der Waals surface area contributed by atoms with Crippen LogP contribution in [0.3, 0.4) is 0 Å². The van der Waals surface area contributed by atoms with Gasteiger partial charge in [0.05, 0.1) is 11.0 Å². The third kappa shape index (κ3) is 4.72. The molecule has 1 saturated heterocycles. The second-order valence-electron chi connectivity index (χ2n) is 6.19. The number of nitrogens with one attached hydrogen (secondary N) is 1. The van der Waals surface area contributed by atoms with Crippen LogP contribution in [0.1, 0.15) is 19.3 Å². The van der Waals surface area contributed by atoms with Crippen LogP contribution < -0.4 is 15.0 Å². The van der Waals surface area contributed by atoms with Crippen molar-refractivity contribution in [1.29, 1.82) is 0 Å². The number of benzene rings is 2. The summed E-state index contributed by atoms with van der Waals surface area (Å²) in [6.07, 6.45) is 3.72. The van der Waals surface area contributed by atoms with E-state index in [4.69, 9.17) is 4.74 Å². The summed E-state index contributed by atoms with van der Waals surface area (Å²) < 4.78 is 5.33.